The summed E-state index contributed by atoms with van der Waals surface area (Å²) in [6.07, 6.45) is 2.60. The van der Waals surface area contributed by atoms with Crippen LogP contribution in [0.2, 0.25) is 10.0 Å². The van der Waals surface area contributed by atoms with Gasteiger partial charge in [0.1, 0.15) is 0 Å². The van der Waals surface area contributed by atoms with E-state index in [1.165, 1.54) is 0 Å². The molecule has 0 atom stereocenters. The molecule has 2 aromatic rings. The summed E-state index contributed by atoms with van der Waals surface area (Å²) in [7, 11) is 0. The smallest absolute Gasteiger partial charge is 0.179 e. The largest absolute Gasteiger partial charge is 0.490 e. The van der Waals surface area contributed by atoms with Crippen molar-refractivity contribution in [1.82, 2.24) is 5.43 Å². The molecule has 134 valence electrons. The molecule has 6 heteroatoms. The van der Waals surface area contributed by atoms with Crippen molar-refractivity contribution >= 4 is 29.4 Å². The summed E-state index contributed by atoms with van der Waals surface area (Å²) in [5, 5.41) is 5.46. The van der Waals surface area contributed by atoms with Gasteiger partial charge in [-0.05, 0) is 48.7 Å². The summed E-state index contributed by atoms with van der Waals surface area (Å²) < 4.78 is 11.3. The van der Waals surface area contributed by atoms with Crippen molar-refractivity contribution in [1.29, 1.82) is 0 Å². The molecule has 1 N–H and O–H groups in total. The molecular weight excluding hydrogens is 359 g/mol. The lowest BCUT2D eigenvalue weighted by molar-refractivity contribution is 0.277. The van der Waals surface area contributed by atoms with Crippen LogP contribution in [0, 0.1) is 0 Å². The lowest BCUT2D eigenvalue weighted by Gasteiger charge is -2.13. The molecule has 0 radical (unpaired) electrons. The molecule has 0 unspecified atom stereocenters. The van der Waals surface area contributed by atoms with Gasteiger partial charge in [-0.25, -0.2) is 0 Å². The normalized spacial score (nSPS) is 10.9. The van der Waals surface area contributed by atoms with E-state index in [1.54, 1.807) is 6.21 Å². The number of hydrazone groups is 1. The summed E-state index contributed by atoms with van der Waals surface area (Å²) in [6.45, 7) is 5.70. The first kappa shape index (κ1) is 19.4. The molecule has 0 fully saturated rings. The molecule has 0 heterocycles. The molecule has 0 amide bonds. The maximum Gasteiger partial charge on any atom is 0.179 e. The van der Waals surface area contributed by atoms with Gasteiger partial charge in [0.25, 0.3) is 0 Å². The van der Waals surface area contributed by atoms with Gasteiger partial charge in [-0.15, -0.1) is 0 Å². The molecule has 0 saturated carbocycles. The zero-order chi connectivity index (χ0) is 18.1. The molecule has 0 aromatic heterocycles. The van der Waals surface area contributed by atoms with Crippen LogP contribution >= 0.6 is 23.2 Å². The molecule has 4 nitrogen and oxygen atoms in total. The number of hydrogen-bond donors (Lipinski definition) is 1. The third kappa shape index (κ3) is 6.15. The van der Waals surface area contributed by atoms with Gasteiger partial charge in [-0.2, -0.15) is 5.10 Å². The first-order valence-electron chi connectivity index (χ1n) is 8.23. The number of benzene rings is 2. The van der Waals surface area contributed by atoms with Gasteiger partial charge in [0.15, 0.2) is 11.5 Å². The van der Waals surface area contributed by atoms with E-state index in [1.807, 2.05) is 50.2 Å². The van der Waals surface area contributed by atoms with Crippen LogP contribution in [0.15, 0.2) is 41.5 Å². The zero-order valence-corrected chi connectivity index (χ0v) is 15.9. The van der Waals surface area contributed by atoms with E-state index in [2.05, 4.69) is 10.5 Å². The molecule has 2 rings (SSSR count). The molecule has 0 bridgehead atoms. The Hall–Kier alpha value is -1.91. The second-order valence-electron chi connectivity index (χ2n) is 5.33. The van der Waals surface area contributed by atoms with Crippen molar-refractivity contribution in [2.45, 2.75) is 26.8 Å². The van der Waals surface area contributed by atoms with E-state index in [4.69, 9.17) is 32.7 Å². The fraction of sp³-hybridized carbons (Fsp3) is 0.316. The predicted molar refractivity (Wildman–Crippen MR) is 104 cm³/mol. The summed E-state index contributed by atoms with van der Waals surface area (Å²) >= 11 is 12.2. The average molecular weight is 381 g/mol. The number of rotatable bonds is 9. The number of nitrogens with zero attached hydrogens (tertiary/aromatic N) is 1. The van der Waals surface area contributed by atoms with Crippen molar-refractivity contribution in [2.75, 3.05) is 13.2 Å². The summed E-state index contributed by atoms with van der Waals surface area (Å²) in [4.78, 5) is 0. The van der Waals surface area contributed by atoms with E-state index in [9.17, 15) is 0 Å². The second kappa shape index (κ2) is 10.2. The number of nitrogens with one attached hydrogen (secondary N) is 1. The molecule has 25 heavy (non-hydrogen) atoms. The van der Waals surface area contributed by atoms with Gasteiger partial charge >= 0.3 is 0 Å². The summed E-state index contributed by atoms with van der Waals surface area (Å²) in [6, 6.07) is 11.3. The van der Waals surface area contributed by atoms with Crippen molar-refractivity contribution in [3.8, 4) is 11.5 Å². The van der Waals surface area contributed by atoms with E-state index >= 15 is 0 Å². The zero-order valence-electron chi connectivity index (χ0n) is 14.4. The standard InChI is InChI=1S/C19H22Cl2N2O2/c1-3-9-25-19-17(21)10-15(11-18(19)24-4-2)13-23-22-12-14-5-7-16(20)8-6-14/h5-8,10-11,13,22H,3-4,9,12H2,1-2H3/b23-13-. The third-order valence-corrected chi connectivity index (χ3v) is 3.82. The van der Waals surface area contributed by atoms with Crippen molar-refractivity contribution in [3.63, 3.8) is 0 Å². The highest BCUT2D eigenvalue weighted by molar-refractivity contribution is 6.32. The van der Waals surface area contributed by atoms with Crippen LogP contribution in [0.4, 0.5) is 0 Å². The van der Waals surface area contributed by atoms with Gasteiger partial charge in [0, 0.05) is 5.02 Å². The minimum absolute atomic E-state index is 0.513. The molecule has 0 saturated heterocycles. The minimum Gasteiger partial charge on any atom is -0.490 e. The van der Waals surface area contributed by atoms with Gasteiger partial charge < -0.3 is 14.9 Å². The SMILES string of the molecule is CCCOc1c(Cl)cc(/C=N\NCc2ccc(Cl)cc2)cc1OCC. The van der Waals surface area contributed by atoms with E-state index in [0.29, 0.717) is 36.3 Å². The van der Waals surface area contributed by atoms with Crippen LogP contribution in [0.25, 0.3) is 0 Å². The van der Waals surface area contributed by atoms with Crippen LogP contribution in [0.1, 0.15) is 31.4 Å². The summed E-state index contributed by atoms with van der Waals surface area (Å²) in [5.41, 5.74) is 4.93. The van der Waals surface area contributed by atoms with Crippen molar-refractivity contribution in [2.24, 2.45) is 5.10 Å². The Kier molecular flexibility index (Phi) is 7.89. The third-order valence-electron chi connectivity index (χ3n) is 3.28. The Morgan fingerprint density at radius 3 is 2.52 bits per heavy atom. The molecule has 2 aromatic carbocycles. The highest BCUT2D eigenvalue weighted by atomic mass is 35.5. The van der Waals surface area contributed by atoms with Gasteiger partial charge in [-0.3, -0.25) is 0 Å². The fourth-order valence-corrected chi connectivity index (χ4v) is 2.53. The van der Waals surface area contributed by atoms with Crippen LogP contribution in [-0.4, -0.2) is 19.4 Å². The van der Waals surface area contributed by atoms with E-state index < -0.39 is 0 Å². The maximum absolute atomic E-state index is 6.33. The maximum atomic E-state index is 6.33. The van der Waals surface area contributed by atoms with Crippen LogP contribution in [0.3, 0.4) is 0 Å². The first-order chi connectivity index (χ1) is 12.1. The predicted octanol–water partition coefficient (Wildman–Crippen LogP) is 5.30. The van der Waals surface area contributed by atoms with Gasteiger partial charge in [-0.1, -0.05) is 42.3 Å². The fourth-order valence-electron chi connectivity index (χ4n) is 2.13. The van der Waals surface area contributed by atoms with Crippen LogP contribution < -0.4 is 14.9 Å². The highest BCUT2D eigenvalue weighted by Crippen LogP contribution is 2.36. The Balaban J connectivity index is 2.03. The number of halogens is 2. The minimum atomic E-state index is 0.513. The Morgan fingerprint density at radius 1 is 1.08 bits per heavy atom. The Morgan fingerprint density at radius 2 is 1.84 bits per heavy atom. The monoisotopic (exact) mass is 380 g/mol. The number of ether oxygens (including phenoxy) is 2. The Labute approximate surface area is 158 Å². The van der Waals surface area contributed by atoms with Crippen LogP contribution in [-0.2, 0) is 6.54 Å². The first-order valence-corrected chi connectivity index (χ1v) is 8.99. The van der Waals surface area contributed by atoms with Crippen LogP contribution in [0.5, 0.6) is 11.5 Å². The highest BCUT2D eigenvalue weighted by Gasteiger charge is 2.11. The lowest BCUT2D eigenvalue weighted by atomic mass is 10.2. The molecule has 0 aliphatic heterocycles. The molecule has 0 aliphatic carbocycles. The van der Waals surface area contributed by atoms with Gasteiger partial charge in [0.2, 0.25) is 0 Å². The van der Waals surface area contributed by atoms with E-state index in [0.717, 1.165) is 22.6 Å². The molecule has 0 spiro atoms. The molecule has 0 aliphatic rings. The summed E-state index contributed by atoms with van der Waals surface area (Å²) in [5.74, 6) is 1.21. The lowest BCUT2D eigenvalue weighted by Crippen LogP contribution is -2.06. The van der Waals surface area contributed by atoms with Crippen molar-refractivity contribution in [3.05, 3.63) is 57.6 Å². The quantitative estimate of drug-likeness (QED) is 0.473. The topological polar surface area (TPSA) is 42.8 Å². The second-order valence-corrected chi connectivity index (χ2v) is 6.17. The Bertz CT molecular complexity index is 703. The number of hydrogen-bond acceptors (Lipinski definition) is 4. The molecular formula is C19H22Cl2N2O2. The van der Waals surface area contributed by atoms with E-state index in [-0.39, 0.29) is 0 Å². The van der Waals surface area contributed by atoms with Gasteiger partial charge in [0.05, 0.1) is 31.0 Å². The van der Waals surface area contributed by atoms with Crippen molar-refractivity contribution < 1.29 is 9.47 Å². The average Bonchev–Trinajstić information content (AvgIpc) is 2.60.